The number of alkyl halides is 3. The summed E-state index contributed by atoms with van der Waals surface area (Å²) >= 11 is 0. The van der Waals surface area contributed by atoms with Gasteiger partial charge in [0.25, 0.3) is 0 Å². The van der Waals surface area contributed by atoms with Gasteiger partial charge in [0.05, 0.1) is 6.54 Å². The number of benzene rings is 1. The highest BCUT2D eigenvalue weighted by Gasteiger charge is 2.26. The van der Waals surface area contributed by atoms with Crippen LogP contribution in [-0.2, 0) is 6.54 Å². The number of halogens is 3. The van der Waals surface area contributed by atoms with Gasteiger partial charge in [0.15, 0.2) is 0 Å². The number of nitrogens with one attached hydrogen (secondary N) is 1. The zero-order chi connectivity index (χ0) is 13.7. The number of hydrogen-bond acceptors (Lipinski definition) is 3. The second-order valence-corrected chi connectivity index (χ2v) is 4.52. The average molecular weight is 274 g/mol. The molecule has 6 heteroatoms. The molecular weight excluding hydrogens is 257 g/mol. The number of nitrogens with zero attached hydrogens (tertiary/aromatic N) is 1. The molecule has 19 heavy (non-hydrogen) atoms. The normalized spacial score (nSPS) is 16.6. The summed E-state index contributed by atoms with van der Waals surface area (Å²) in [5.74, 6) is 0.869. The summed E-state index contributed by atoms with van der Waals surface area (Å²) < 4.78 is 41.6. The lowest BCUT2D eigenvalue weighted by atomic mass is 10.2. The Hall–Kier alpha value is -1.27. The van der Waals surface area contributed by atoms with Crippen LogP contribution < -0.4 is 10.1 Å². The van der Waals surface area contributed by atoms with Crippen molar-refractivity contribution < 1.29 is 17.9 Å². The monoisotopic (exact) mass is 274 g/mol. The van der Waals surface area contributed by atoms with Crippen LogP contribution in [0.25, 0.3) is 0 Å². The van der Waals surface area contributed by atoms with Crippen molar-refractivity contribution in [1.29, 1.82) is 0 Å². The molecule has 1 aromatic rings. The molecule has 3 nitrogen and oxygen atoms in total. The van der Waals surface area contributed by atoms with Gasteiger partial charge in [-0.1, -0.05) is 18.2 Å². The summed E-state index contributed by atoms with van der Waals surface area (Å²) in [5, 5.41) is 2.41. The van der Waals surface area contributed by atoms with Crippen LogP contribution in [0.4, 0.5) is 13.2 Å². The third kappa shape index (κ3) is 4.72. The van der Waals surface area contributed by atoms with E-state index in [1.807, 2.05) is 24.3 Å². The van der Waals surface area contributed by atoms with Crippen LogP contribution in [0.1, 0.15) is 5.56 Å². The van der Waals surface area contributed by atoms with Gasteiger partial charge in [-0.05, 0) is 6.07 Å². The van der Waals surface area contributed by atoms with E-state index >= 15 is 0 Å². The van der Waals surface area contributed by atoms with Crippen LogP contribution in [-0.4, -0.2) is 43.9 Å². The Labute approximate surface area is 110 Å². The zero-order valence-corrected chi connectivity index (χ0v) is 10.5. The smallest absolute Gasteiger partial charge is 0.401 e. The third-order valence-electron chi connectivity index (χ3n) is 2.96. The Bertz CT molecular complexity index is 409. The highest BCUT2D eigenvalue weighted by molar-refractivity contribution is 5.33. The molecule has 2 rings (SSSR count). The molecule has 0 aliphatic carbocycles. The minimum atomic E-state index is -4.14. The van der Waals surface area contributed by atoms with E-state index in [0.717, 1.165) is 17.9 Å². The molecule has 1 N–H and O–H groups in total. The van der Waals surface area contributed by atoms with E-state index in [2.05, 4.69) is 10.2 Å². The molecule has 0 aromatic heterocycles. The standard InChI is InChI=1S/C13H17F3N2O/c14-13(15,16)10-17-5-6-18-7-8-19-12-4-2-1-3-11(12)9-18/h1-4,17H,5-10H2. The van der Waals surface area contributed by atoms with Crippen molar-refractivity contribution in [2.24, 2.45) is 0 Å². The maximum atomic E-state index is 12.0. The molecule has 0 radical (unpaired) electrons. The fourth-order valence-electron chi connectivity index (χ4n) is 2.04. The van der Waals surface area contributed by atoms with Crippen molar-refractivity contribution in [2.45, 2.75) is 12.7 Å². The van der Waals surface area contributed by atoms with E-state index in [-0.39, 0.29) is 0 Å². The van der Waals surface area contributed by atoms with Crippen LogP contribution >= 0.6 is 0 Å². The second-order valence-electron chi connectivity index (χ2n) is 4.52. The molecule has 0 fully saturated rings. The summed E-state index contributed by atoms with van der Waals surface area (Å²) in [6.07, 6.45) is -4.14. The summed E-state index contributed by atoms with van der Waals surface area (Å²) in [6.45, 7) is 1.96. The lowest BCUT2D eigenvalue weighted by molar-refractivity contribution is -0.124. The predicted octanol–water partition coefficient (Wildman–Crippen LogP) is 2.03. The summed E-state index contributed by atoms with van der Waals surface area (Å²) in [5.41, 5.74) is 1.08. The van der Waals surface area contributed by atoms with Crippen molar-refractivity contribution in [1.82, 2.24) is 10.2 Å². The highest BCUT2D eigenvalue weighted by Crippen LogP contribution is 2.22. The number of rotatable bonds is 4. The fraction of sp³-hybridized carbons (Fsp3) is 0.538. The Balaban J connectivity index is 1.79. The van der Waals surface area contributed by atoms with E-state index in [4.69, 9.17) is 4.74 Å². The molecule has 1 aliphatic rings. The van der Waals surface area contributed by atoms with Gasteiger partial charge in [-0.3, -0.25) is 4.90 Å². The van der Waals surface area contributed by atoms with E-state index < -0.39 is 12.7 Å². The largest absolute Gasteiger partial charge is 0.492 e. The Kier molecular flexibility index (Phi) is 4.66. The number of fused-ring (bicyclic) bond motifs is 1. The SMILES string of the molecule is FC(F)(F)CNCCN1CCOc2ccccc2C1. The van der Waals surface area contributed by atoms with Gasteiger partial charge >= 0.3 is 6.18 Å². The first-order valence-electron chi connectivity index (χ1n) is 6.25. The Morgan fingerprint density at radius 3 is 2.84 bits per heavy atom. The molecular formula is C13H17F3N2O. The number of hydrogen-bond donors (Lipinski definition) is 1. The molecule has 1 aromatic carbocycles. The number of para-hydroxylation sites is 1. The van der Waals surface area contributed by atoms with Crippen LogP contribution in [0.2, 0.25) is 0 Å². The molecule has 106 valence electrons. The van der Waals surface area contributed by atoms with Gasteiger partial charge in [0.2, 0.25) is 0 Å². The first-order chi connectivity index (χ1) is 9.04. The summed E-state index contributed by atoms with van der Waals surface area (Å²) in [4.78, 5) is 2.09. The first kappa shape index (κ1) is 14.1. The van der Waals surface area contributed by atoms with Crippen molar-refractivity contribution in [2.75, 3.05) is 32.8 Å². The average Bonchev–Trinajstić information content (AvgIpc) is 2.55. The molecule has 0 spiro atoms. The topological polar surface area (TPSA) is 24.5 Å². The van der Waals surface area contributed by atoms with Gasteiger partial charge in [-0.15, -0.1) is 0 Å². The first-order valence-corrected chi connectivity index (χ1v) is 6.25. The molecule has 0 bridgehead atoms. The van der Waals surface area contributed by atoms with E-state index in [1.54, 1.807) is 0 Å². The minimum Gasteiger partial charge on any atom is -0.492 e. The minimum absolute atomic E-state index is 0.321. The Morgan fingerprint density at radius 2 is 2.05 bits per heavy atom. The van der Waals surface area contributed by atoms with Gasteiger partial charge < -0.3 is 10.1 Å². The molecule has 0 saturated heterocycles. The van der Waals surface area contributed by atoms with Crippen molar-refractivity contribution in [3.8, 4) is 5.75 Å². The van der Waals surface area contributed by atoms with E-state index in [1.165, 1.54) is 0 Å². The third-order valence-corrected chi connectivity index (χ3v) is 2.96. The lowest BCUT2D eigenvalue weighted by Gasteiger charge is -2.19. The molecule has 0 amide bonds. The van der Waals surface area contributed by atoms with Gasteiger partial charge in [-0.25, -0.2) is 0 Å². The van der Waals surface area contributed by atoms with Gasteiger partial charge in [0, 0.05) is 31.7 Å². The van der Waals surface area contributed by atoms with Crippen LogP contribution in [0, 0.1) is 0 Å². The second kappa shape index (κ2) is 6.25. The Morgan fingerprint density at radius 1 is 1.26 bits per heavy atom. The van der Waals surface area contributed by atoms with Crippen LogP contribution in [0.15, 0.2) is 24.3 Å². The number of ether oxygens (including phenoxy) is 1. The molecule has 0 unspecified atom stereocenters. The maximum absolute atomic E-state index is 12.0. The van der Waals surface area contributed by atoms with Gasteiger partial charge in [-0.2, -0.15) is 13.2 Å². The highest BCUT2D eigenvalue weighted by atomic mass is 19.4. The maximum Gasteiger partial charge on any atom is 0.401 e. The summed E-state index contributed by atoms with van der Waals surface area (Å²) in [7, 11) is 0. The van der Waals surface area contributed by atoms with Crippen molar-refractivity contribution in [3.63, 3.8) is 0 Å². The molecule has 0 saturated carbocycles. The van der Waals surface area contributed by atoms with Crippen molar-refractivity contribution in [3.05, 3.63) is 29.8 Å². The fourth-order valence-corrected chi connectivity index (χ4v) is 2.04. The van der Waals surface area contributed by atoms with Gasteiger partial charge in [0.1, 0.15) is 12.4 Å². The quantitative estimate of drug-likeness (QED) is 0.850. The zero-order valence-electron chi connectivity index (χ0n) is 10.5. The van der Waals surface area contributed by atoms with E-state index in [9.17, 15) is 13.2 Å². The lowest BCUT2D eigenvalue weighted by Crippen LogP contribution is -2.37. The van der Waals surface area contributed by atoms with E-state index in [0.29, 0.717) is 26.2 Å². The summed E-state index contributed by atoms with van der Waals surface area (Å²) in [6, 6.07) is 7.75. The predicted molar refractivity (Wildman–Crippen MR) is 66.1 cm³/mol. The molecule has 1 heterocycles. The molecule has 1 aliphatic heterocycles. The van der Waals surface area contributed by atoms with Crippen LogP contribution in [0.5, 0.6) is 5.75 Å². The molecule has 0 atom stereocenters. The van der Waals surface area contributed by atoms with Crippen LogP contribution in [0.3, 0.4) is 0 Å². The van der Waals surface area contributed by atoms with Crippen molar-refractivity contribution >= 4 is 0 Å².